The Balaban J connectivity index is 1.86. The third-order valence-electron chi connectivity index (χ3n) is 4.96. The van der Waals surface area contributed by atoms with Gasteiger partial charge in [-0.2, -0.15) is 0 Å². The smallest absolute Gasteiger partial charge is 0.337 e. The Morgan fingerprint density at radius 2 is 1.34 bits per heavy atom. The van der Waals surface area contributed by atoms with Crippen LogP contribution in [0.4, 0.5) is 0 Å². The standard InChI is InChI=1S/C25H21N3O4/c1-15-4-6-16(7-5-15)22-26-23(17-8-10-18(11-9-17)25(30)32-3)28-24(27-22)20-13-12-19(31-2)14-21(20)29/h4-14,29H,1-3H3. The summed E-state index contributed by atoms with van der Waals surface area (Å²) in [6, 6.07) is 19.6. The summed E-state index contributed by atoms with van der Waals surface area (Å²) in [5, 5.41) is 10.5. The summed E-state index contributed by atoms with van der Waals surface area (Å²) in [4.78, 5) is 25.6. The highest BCUT2D eigenvalue weighted by atomic mass is 16.5. The van der Waals surface area contributed by atoms with Crippen LogP contribution in [0.2, 0.25) is 0 Å². The molecule has 0 fully saturated rings. The van der Waals surface area contributed by atoms with Crippen LogP contribution >= 0.6 is 0 Å². The van der Waals surface area contributed by atoms with Crippen LogP contribution in [0.15, 0.2) is 66.7 Å². The van der Waals surface area contributed by atoms with E-state index in [1.165, 1.54) is 20.3 Å². The number of benzene rings is 3. The van der Waals surface area contributed by atoms with E-state index in [-0.39, 0.29) is 5.75 Å². The van der Waals surface area contributed by atoms with Gasteiger partial charge in [-0.15, -0.1) is 0 Å². The van der Waals surface area contributed by atoms with Crippen molar-refractivity contribution < 1.29 is 19.4 Å². The zero-order chi connectivity index (χ0) is 22.7. The number of phenols is 1. The number of esters is 1. The van der Waals surface area contributed by atoms with Gasteiger partial charge in [-0.05, 0) is 31.2 Å². The molecular weight excluding hydrogens is 406 g/mol. The van der Waals surface area contributed by atoms with E-state index >= 15 is 0 Å². The minimum Gasteiger partial charge on any atom is -0.507 e. The van der Waals surface area contributed by atoms with Crippen LogP contribution in [0.25, 0.3) is 34.2 Å². The second-order valence-corrected chi connectivity index (χ2v) is 7.12. The minimum atomic E-state index is -0.420. The number of hydrogen-bond acceptors (Lipinski definition) is 7. The molecule has 0 bridgehead atoms. The fourth-order valence-electron chi connectivity index (χ4n) is 3.16. The number of hydrogen-bond donors (Lipinski definition) is 1. The number of nitrogens with zero attached hydrogens (tertiary/aromatic N) is 3. The van der Waals surface area contributed by atoms with Crippen LogP contribution in [0.3, 0.4) is 0 Å². The third kappa shape index (κ3) is 4.27. The maximum absolute atomic E-state index is 11.8. The van der Waals surface area contributed by atoms with Crippen molar-refractivity contribution in [3.63, 3.8) is 0 Å². The first-order valence-electron chi connectivity index (χ1n) is 9.87. The Labute approximate surface area is 185 Å². The molecule has 0 saturated heterocycles. The molecule has 0 amide bonds. The van der Waals surface area contributed by atoms with Gasteiger partial charge in [0, 0.05) is 17.2 Å². The summed E-state index contributed by atoms with van der Waals surface area (Å²) in [7, 11) is 2.87. The second-order valence-electron chi connectivity index (χ2n) is 7.12. The number of aryl methyl sites for hydroxylation is 1. The summed E-state index contributed by atoms with van der Waals surface area (Å²) < 4.78 is 9.93. The Bertz CT molecular complexity index is 1270. The van der Waals surface area contributed by atoms with Gasteiger partial charge >= 0.3 is 5.97 Å². The molecule has 4 rings (SSSR count). The Hall–Kier alpha value is -4.26. The lowest BCUT2D eigenvalue weighted by molar-refractivity contribution is 0.0600. The molecule has 0 saturated carbocycles. The van der Waals surface area contributed by atoms with Gasteiger partial charge in [0.1, 0.15) is 11.5 Å². The molecule has 0 spiro atoms. The molecule has 0 aliphatic carbocycles. The van der Waals surface area contributed by atoms with Gasteiger partial charge in [0.05, 0.1) is 25.3 Å². The predicted octanol–water partition coefficient (Wildman–Crippen LogP) is 4.68. The highest BCUT2D eigenvalue weighted by Crippen LogP contribution is 2.32. The van der Waals surface area contributed by atoms with Crippen molar-refractivity contribution in [1.82, 2.24) is 15.0 Å². The molecule has 32 heavy (non-hydrogen) atoms. The van der Waals surface area contributed by atoms with Gasteiger partial charge in [0.25, 0.3) is 0 Å². The molecule has 0 unspecified atom stereocenters. The average Bonchev–Trinajstić information content (AvgIpc) is 2.83. The fourth-order valence-corrected chi connectivity index (χ4v) is 3.16. The van der Waals surface area contributed by atoms with Gasteiger partial charge in [0.2, 0.25) is 0 Å². The molecular formula is C25H21N3O4. The van der Waals surface area contributed by atoms with Crippen LogP contribution in [-0.2, 0) is 4.74 Å². The van der Waals surface area contributed by atoms with Gasteiger partial charge in [-0.25, -0.2) is 19.7 Å². The van der Waals surface area contributed by atoms with E-state index in [0.717, 1.165) is 11.1 Å². The minimum absolute atomic E-state index is 0.00241. The first-order chi connectivity index (χ1) is 15.5. The summed E-state index contributed by atoms with van der Waals surface area (Å²) in [6.07, 6.45) is 0. The largest absolute Gasteiger partial charge is 0.507 e. The number of phenolic OH excluding ortho intramolecular Hbond substituents is 1. The van der Waals surface area contributed by atoms with Crippen molar-refractivity contribution in [3.8, 4) is 45.7 Å². The first-order valence-corrected chi connectivity index (χ1v) is 9.87. The number of carbonyl (C=O) groups excluding carboxylic acids is 1. The molecule has 7 nitrogen and oxygen atoms in total. The topological polar surface area (TPSA) is 94.4 Å². The summed E-state index contributed by atoms with van der Waals surface area (Å²) in [6.45, 7) is 2.01. The average molecular weight is 427 g/mol. The molecule has 0 radical (unpaired) electrons. The van der Waals surface area contributed by atoms with Crippen molar-refractivity contribution in [1.29, 1.82) is 0 Å². The Morgan fingerprint density at radius 1 is 0.781 bits per heavy atom. The molecule has 1 N–H and O–H groups in total. The fraction of sp³-hybridized carbons (Fsp3) is 0.120. The molecule has 160 valence electrons. The zero-order valence-corrected chi connectivity index (χ0v) is 17.9. The molecule has 1 heterocycles. The van der Waals surface area contributed by atoms with Crippen LogP contribution < -0.4 is 4.74 Å². The Kier molecular flexibility index (Phi) is 5.81. The normalized spacial score (nSPS) is 10.6. The van der Waals surface area contributed by atoms with E-state index in [1.54, 1.807) is 36.4 Å². The van der Waals surface area contributed by atoms with Crippen LogP contribution in [-0.4, -0.2) is 40.2 Å². The van der Waals surface area contributed by atoms with E-state index in [0.29, 0.717) is 39.9 Å². The van der Waals surface area contributed by atoms with Crippen LogP contribution in [0.1, 0.15) is 15.9 Å². The highest BCUT2D eigenvalue weighted by molar-refractivity contribution is 5.89. The third-order valence-corrected chi connectivity index (χ3v) is 4.96. The lowest BCUT2D eigenvalue weighted by Gasteiger charge is -2.10. The summed E-state index contributed by atoms with van der Waals surface area (Å²) in [5.41, 5.74) is 3.52. The molecule has 0 atom stereocenters. The molecule has 0 aliphatic rings. The van der Waals surface area contributed by atoms with Crippen LogP contribution in [0.5, 0.6) is 11.5 Å². The zero-order valence-electron chi connectivity index (χ0n) is 17.9. The Morgan fingerprint density at radius 3 is 1.88 bits per heavy atom. The maximum atomic E-state index is 11.8. The molecule has 7 heteroatoms. The van der Waals surface area contributed by atoms with E-state index < -0.39 is 5.97 Å². The van der Waals surface area contributed by atoms with Crippen LogP contribution in [0, 0.1) is 6.92 Å². The molecule has 0 aliphatic heterocycles. The monoisotopic (exact) mass is 427 g/mol. The van der Waals surface area contributed by atoms with Gasteiger partial charge in [-0.1, -0.05) is 42.0 Å². The maximum Gasteiger partial charge on any atom is 0.337 e. The number of aromatic hydroxyl groups is 1. The van der Waals surface area contributed by atoms with E-state index in [4.69, 9.17) is 9.47 Å². The van der Waals surface area contributed by atoms with Gasteiger partial charge < -0.3 is 14.6 Å². The molecule has 1 aromatic heterocycles. The molecule has 3 aromatic carbocycles. The number of methoxy groups -OCH3 is 2. The first kappa shape index (κ1) is 21.0. The van der Waals surface area contributed by atoms with Crippen molar-refractivity contribution in [2.24, 2.45) is 0 Å². The molecule has 4 aromatic rings. The lowest BCUT2D eigenvalue weighted by atomic mass is 10.1. The highest BCUT2D eigenvalue weighted by Gasteiger charge is 2.16. The van der Waals surface area contributed by atoms with E-state index in [1.807, 2.05) is 31.2 Å². The van der Waals surface area contributed by atoms with E-state index in [9.17, 15) is 9.90 Å². The lowest BCUT2D eigenvalue weighted by Crippen LogP contribution is -2.02. The van der Waals surface area contributed by atoms with Crippen molar-refractivity contribution >= 4 is 5.97 Å². The predicted molar refractivity (Wildman–Crippen MR) is 120 cm³/mol. The van der Waals surface area contributed by atoms with Crippen molar-refractivity contribution in [2.45, 2.75) is 6.92 Å². The number of aromatic nitrogens is 3. The number of carbonyl (C=O) groups is 1. The van der Waals surface area contributed by atoms with Crippen molar-refractivity contribution in [2.75, 3.05) is 14.2 Å². The number of ether oxygens (including phenoxy) is 2. The van der Waals surface area contributed by atoms with Gasteiger partial charge in [0.15, 0.2) is 17.5 Å². The SMILES string of the molecule is COC(=O)c1ccc(-c2nc(-c3ccc(C)cc3)nc(-c3ccc(OC)cc3O)n2)cc1. The number of rotatable bonds is 5. The van der Waals surface area contributed by atoms with E-state index in [2.05, 4.69) is 15.0 Å². The van der Waals surface area contributed by atoms with Gasteiger partial charge in [-0.3, -0.25) is 0 Å². The summed E-state index contributed by atoms with van der Waals surface area (Å²) in [5.74, 6) is 1.31. The quantitative estimate of drug-likeness (QED) is 0.462. The summed E-state index contributed by atoms with van der Waals surface area (Å²) >= 11 is 0. The van der Waals surface area contributed by atoms with Crippen molar-refractivity contribution in [3.05, 3.63) is 77.9 Å². The second kappa shape index (κ2) is 8.85.